The van der Waals surface area contributed by atoms with E-state index in [0.29, 0.717) is 19.3 Å². The Kier molecular flexibility index (Phi) is 7.53. The van der Waals surface area contributed by atoms with E-state index in [2.05, 4.69) is 9.47 Å². The number of hydrogen-bond donors (Lipinski definition) is 0. The van der Waals surface area contributed by atoms with Crippen LogP contribution < -0.4 is 0 Å². The standard InChI is InChI=1S/C9H14F6O2/c10-8(11,12)6-16-4-2-1-3-5-17-7-9(13,14)15/h1-7H2. The van der Waals surface area contributed by atoms with Gasteiger partial charge in [0.2, 0.25) is 0 Å². The molecule has 0 bridgehead atoms. The number of unbranched alkanes of at least 4 members (excludes halogenated alkanes) is 2. The summed E-state index contributed by atoms with van der Waals surface area (Å²) in [5.74, 6) is 0. The first kappa shape index (κ1) is 16.5. The lowest BCUT2D eigenvalue weighted by Crippen LogP contribution is -2.18. The van der Waals surface area contributed by atoms with Crippen LogP contribution in [0.15, 0.2) is 0 Å². The average Bonchev–Trinajstić information content (AvgIpc) is 2.11. The Labute approximate surface area is 94.9 Å². The van der Waals surface area contributed by atoms with Crippen molar-refractivity contribution in [2.24, 2.45) is 0 Å². The summed E-state index contributed by atoms with van der Waals surface area (Å²) in [4.78, 5) is 0. The Balaban J connectivity index is 3.15. The highest BCUT2D eigenvalue weighted by molar-refractivity contribution is 4.48. The molecule has 0 aromatic heterocycles. The van der Waals surface area contributed by atoms with Gasteiger partial charge in [-0.1, -0.05) is 0 Å². The second-order valence-corrected chi connectivity index (χ2v) is 3.40. The summed E-state index contributed by atoms with van der Waals surface area (Å²) in [6, 6.07) is 0. The molecule has 0 rings (SSSR count). The van der Waals surface area contributed by atoms with Crippen molar-refractivity contribution in [1.82, 2.24) is 0 Å². The minimum absolute atomic E-state index is 0.0568. The van der Waals surface area contributed by atoms with Gasteiger partial charge < -0.3 is 9.47 Å². The van der Waals surface area contributed by atoms with Crippen molar-refractivity contribution in [1.29, 1.82) is 0 Å². The number of hydrogen-bond acceptors (Lipinski definition) is 2. The molecule has 104 valence electrons. The van der Waals surface area contributed by atoms with Gasteiger partial charge in [0.25, 0.3) is 0 Å². The maximum atomic E-state index is 11.6. The Morgan fingerprint density at radius 1 is 0.588 bits per heavy atom. The summed E-state index contributed by atoms with van der Waals surface area (Å²) in [6.45, 7) is -2.70. The van der Waals surface area contributed by atoms with Crippen molar-refractivity contribution >= 4 is 0 Å². The van der Waals surface area contributed by atoms with Crippen molar-refractivity contribution in [2.75, 3.05) is 26.4 Å². The second-order valence-electron chi connectivity index (χ2n) is 3.40. The minimum Gasteiger partial charge on any atom is -0.372 e. The van der Waals surface area contributed by atoms with Crippen molar-refractivity contribution in [3.8, 4) is 0 Å². The quantitative estimate of drug-likeness (QED) is 0.496. The maximum Gasteiger partial charge on any atom is 0.411 e. The largest absolute Gasteiger partial charge is 0.411 e. The van der Waals surface area contributed by atoms with Crippen LogP contribution in [0.5, 0.6) is 0 Å². The van der Waals surface area contributed by atoms with E-state index >= 15 is 0 Å². The molecule has 0 atom stereocenters. The monoisotopic (exact) mass is 268 g/mol. The van der Waals surface area contributed by atoms with Gasteiger partial charge in [0.05, 0.1) is 0 Å². The highest BCUT2D eigenvalue weighted by atomic mass is 19.4. The number of ether oxygens (including phenoxy) is 2. The summed E-state index contributed by atoms with van der Waals surface area (Å²) in [5, 5.41) is 0. The molecular weight excluding hydrogens is 254 g/mol. The zero-order valence-corrected chi connectivity index (χ0v) is 9.03. The molecule has 0 fully saturated rings. The molecule has 8 heteroatoms. The smallest absolute Gasteiger partial charge is 0.372 e. The summed E-state index contributed by atoms with van der Waals surface area (Å²) in [6.07, 6.45) is -7.47. The van der Waals surface area contributed by atoms with Crippen LogP contribution in [0.4, 0.5) is 26.3 Å². The van der Waals surface area contributed by atoms with Gasteiger partial charge in [0, 0.05) is 13.2 Å². The first-order valence-corrected chi connectivity index (χ1v) is 5.00. The SMILES string of the molecule is FC(F)(F)COCCCCCOCC(F)(F)F. The molecule has 0 amide bonds. The summed E-state index contributed by atoms with van der Waals surface area (Å²) in [5.41, 5.74) is 0. The van der Waals surface area contributed by atoms with Gasteiger partial charge in [-0.25, -0.2) is 0 Å². The van der Waals surface area contributed by atoms with Gasteiger partial charge in [0.15, 0.2) is 0 Å². The lowest BCUT2D eigenvalue weighted by molar-refractivity contribution is -0.174. The summed E-state index contributed by atoms with van der Waals surface area (Å²) in [7, 11) is 0. The fraction of sp³-hybridized carbons (Fsp3) is 1.00. The van der Waals surface area contributed by atoms with Gasteiger partial charge in [-0.15, -0.1) is 0 Å². The number of rotatable bonds is 8. The Hall–Kier alpha value is -0.500. The zero-order valence-electron chi connectivity index (χ0n) is 9.03. The molecule has 0 unspecified atom stereocenters. The second kappa shape index (κ2) is 7.75. The highest BCUT2D eigenvalue weighted by Crippen LogP contribution is 2.15. The van der Waals surface area contributed by atoms with Crippen LogP contribution in [0.1, 0.15) is 19.3 Å². The van der Waals surface area contributed by atoms with Crippen LogP contribution in [-0.4, -0.2) is 38.8 Å². The number of halogens is 6. The van der Waals surface area contributed by atoms with Crippen molar-refractivity contribution in [2.45, 2.75) is 31.6 Å². The van der Waals surface area contributed by atoms with E-state index in [-0.39, 0.29) is 13.2 Å². The Morgan fingerprint density at radius 2 is 0.941 bits per heavy atom. The molecule has 0 N–H and O–H groups in total. The van der Waals surface area contributed by atoms with Crippen LogP contribution >= 0.6 is 0 Å². The first-order chi connectivity index (χ1) is 7.71. The fourth-order valence-corrected chi connectivity index (χ4v) is 0.961. The van der Waals surface area contributed by atoms with Crippen LogP contribution in [0, 0.1) is 0 Å². The van der Waals surface area contributed by atoms with E-state index in [9.17, 15) is 26.3 Å². The molecule has 0 saturated heterocycles. The first-order valence-electron chi connectivity index (χ1n) is 5.00. The summed E-state index contributed by atoms with van der Waals surface area (Å²) < 4.78 is 78.2. The molecule has 2 nitrogen and oxygen atoms in total. The Morgan fingerprint density at radius 3 is 1.24 bits per heavy atom. The Bertz CT molecular complexity index is 169. The van der Waals surface area contributed by atoms with Crippen molar-refractivity contribution in [3.63, 3.8) is 0 Å². The number of alkyl halides is 6. The predicted octanol–water partition coefficient (Wildman–Crippen LogP) is 3.31. The topological polar surface area (TPSA) is 18.5 Å². The molecule has 0 aliphatic carbocycles. The van der Waals surface area contributed by atoms with Gasteiger partial charge in [0.1, 0.15) is 13.2 Å². The molecular formula is C9H14F6O2. The normalized spacial score (nSPS) is 13.1. The third-order valence-corrected chi connectivity index (χ3v) is 1.61. The molecule has 0 heterocycles. The molecule has 17 heavy (non-hydrogen) atoms. The van der Waals surface area contributed by atoms with Crippen LogP contribution in [-0.2, 0) is 9.47 Å². The van der Waals surface area contributed by atoms with Gasteiger partial charge >= 0.3 is 12.4 Å². The molecule has 0 spiro atoms. The molecule has 0 radical (unpaired) electrons. The van der Waals surface area contributed by atoms with E-state index in [4.69, 9.17) is 0 Å². The lowest BCUT2D eigenvalue weighted by atomic mass is 10.2. The molecule has 0 saturated carbocycles. The predicted molar refractivity (Wildman–Crippen MR) is 47.6 cm³/mol. The maximum absolute atomic E-state index is 11.6. The molecule has 0 aliphatic rings. The minimum atomic E-state index is -4.34. The van der Waals surface area contributed by atoms with Crippen LogP contribution in [0.2, 0.25) is 0 Å². The van der Waals surface area contributed by atoms with Crippen LogP contribution in [0.3, 0.4) is 0 Å². The van der Waals surface area contributed by atoms with E-state index in [1.165, 1.54) is 0 Å². The summed E-state index contributed by atoms with van der Waals surface area (Å²) >= 11 is 0. The third kappa shape index (κ3) is 15.5. The average molecular weight is 268 g/mol. The van der Waals surface area contributed by atoms with E-state index in [1.807, 2.05) is 0 Å². The molecule has 0 aliphatic heterocycles. The van der Waals surface area contributed by atoms with Crippen molar-refractivity contribution in [3.05, 3.63) is 0 Å². The van der Waals surface area contributed by atoms with E-state index in [1.54, 1.807) is 0 Å². The van der Waals surface area contributed by atoms with Gasteiger partial charge in [-0.2, -0.15) is 26.3 Å². The van der Waals surface area contributed by atoms with Gasteiger partial charge in [-0.3, -0.25) is 0 Å². The van der Waals surface area contributed by atoms with E-state index < -0.39 is 25.6 Å². The van der Waals surface area contributed by atoms with Crippen molar-refractivity contribution < 1.29 is 35.8 Å². The zero-order chi connectivity index (χ0) is 13.4. The van der Waals surface area contributed by atoms with Crippen LogP contribution in [0.25, 0.3) is 0 Å². The third-order valence-electron chi connectivity index (χ3n) is 1.61. The molecule has 0 aromatic carbocycles. The van der Waals surface area contributed by atoms with Gasteiger partial charge in [-0.05, 0) is 19.3 Å². The lowest BCUT2D eigenvalue weighted by Gasteiger charge is -2.08. The van der Waals surface area contributed by atoms with E-state index in [0.717, 1.165) is 0 Å². The molecule has 0 aromatic rings. The fourth-order valence-electron chi connectivity index (χ4n) is 0.961. The highest BCUT2D eigenvalue weighted by Gasteiger charge is 2.27.